The zero-order chi connectivity index (χ0) is 9.26. The highest BCUT2D eigenvalue weighted by molar-refractivity contribution is 5.88. The van der Waals surface area contributed by atoms with Gasteiger partial charge in [-0.2, -0.15) is 0 Å². The van der Waals surface area contributed by atoms with Gasteiger partial charge in [-0.3, -0.25) is 4.79 Å². The largest absolute Gasteiger partial charge is 0.375 e. The second-order valence-electron chi connectivity index (χ2n) is 3.38. The van der Waals surface area contributed by atoms with Crippen LogP contribution < -0.4 is 5.32 Å². The molecule has 1 N–H and O–H groups in total. The molecule has 1 aliphatic heterocycles. The van der Waals surface area contributed by atoms with Crippen molar-refractivity contribution in [2.45, 2.75) is 25.8 Å². The molecular weight excluding hydrogens is 162 g/mol. The summed E-state index contributed by atoms with van der Waals surface area (Å²) >= 11 is 0. The first-order valence-corrected chi connectivity index (χ1v) is 4.68. The van der Waals surface area contributed by atoms with E-state index in [4.69, 9.17) is 0 Å². The van der Waals surface area contributed by atoms with Gasteiger partial charge in [-0.1, -0.05) is 25.1 Å². The van der Waals surface area contributed by atoms with Gasteiger partial charge in [0.1, 0.15) is 0 Å². The molecule has 0 fully saturated rings. The summed E-state index contributed by atoms with van der Waals surface area (Å²) in [5.74, 6) is 0.302. The molecule has 1 heterocycles. The van der Waals surface area contributed by atoms with Gasteiger partial charge in [0.05, 0.1) is 6.04 Å². The van der Waals surface area contributed by atoms with Crippen molar-refractivity contribution < 1.29 is 4.79 Å². The standard InChI is InChI=1S/C11H13NO/c1-2-11(13)10-7-8-5-3-4-6-9(8)12-10/h3-6,10,12H,2,7H2,1H3. The highest BCUT2D eigenvalue weighted by Crippen LogP contribution is 2.25. The highest BCUT2D eigenvalue weighted by atomic mass is 16.1. The Morgan fingerprint density at radius 1 is 1.54 bits per heavy atom. The Kier molecular flexibility index (Phi) is 2.05. The predicted molar refractivity (Wildman–Crippen MR) is 52.9 cm³/mol. The molecule has 0 aliphatic carbocycles. The number of carbonyl (C=O) groups excluding carboxylic acids is 1. The summed E-state index contributed by atoms with van der Waals surface area (Å²) in [6.45, 7) is 1.91. The van der Waals surface area contributed by atoms with Gasteiger partial charge in [0.25, 0.3) is 0 Å². The van der Waals surface area contributed by atoms with E-state index in [2.05, 4.69) is 11.4 Å². The quantitative estimate of drug-likeness (QED) is 0.744. The number of fused-ring (bicyclic) bond motifs is 1. The predicted octanol–water partition coefficient (Wildman–Crippen LogP) is 2.00. The Bertz CT molecular complexity index is 308. The van der Waals surface area contributed by atoms with Crippen molar-refractivity contribution in [3.05, 3.63) is 29.8 Å². The van der Waals surface area contributed by atoms with E-state index in [0.29, 0.717) is 12.2 Å². The summed E-state index contributed by atoms with van der Waals surface area (Å²) in [7, 11) is 0. The molecule has 2 heteroatoms. The van der Waals surface area contributed by atoms with Crippen LogP contribution in [0, 0.1) is 0 Å². The number of carbonyl (C=O) groups is 1. The summed E-state index contributed by atoms with van der Waals surface area (Å²) in [4.78, 5) is 11.4. The summed E-state index contributed by atoms with van der Waals surface area (Å²) in [5, 5.41) is 3.24. The number of hydrogen-bond donors (Lipinski definition) is 1. The molecule has 1 aromatic rings. The van der Waals surface area contributed by atoms with E-state index in [1.807, 2.05) is 25.1 Å². The van der Waals surface area contributed by atoms with Gasteiger partial charge in [-0.15, -0.1) is 0 Å². The van der Waals surface area contributed by atoms with E-state index < -0.39 is 0 Å². The Morgan fingerprint density at radius 3 is 3.00 bits per heavy atom. The minimum Gasteiger partial charge on any atom is -0.375 e. The molecule has 0 bridgehead atoms. The third-order valence-corrected chi connectivity index (χ3v) is 2.51. The number of ketones is 1. The number of Topliss-reactive ketones (excluding diaryl/α,β-unsaturated/α-hetero) is 1. The zero-order valence-electron chi connectivity index (χ0n) is 7.71. The van der Waals surface area contributed by atoms with E-state index in [1.54, 1.807) is 0 Å². The molecule has 68 valence electrons. The number of para-hydroxylation sites is 1. The number of hydrogen-bond acceptors (Lipinski definition) is 2. The first-order chi connectivity index (χ1) is 6.31. The second-order valence-corrected chi connectivity index (χ2v) is 3.38. The zero-order valence-corrected chi connectivity index (χ0v) is 7.71. The van der Waals surface area contributed by atoms with Gasteiger partial charge in [-0.05, 0) is 11.6 Å². The Labute approximate surface area is 78.0 Å². The van der Waals surface area contributed by atoms with E-state index in [9.17, 15) is 4.79 Å². The third kappa shape index (κ3) is 1.44. The van der Waals surface area contributed by atoms with Crippen LogP contribution in [0.2, 0.25) is 0 Å². The molecule has 0 saturated carbocycles. The van der Waals surface area contributed by atoms with Crippen molar-refractivity contribution in [3.63, 3.8) is 0 Å². The van der Waals surface area contributed by atoms with Crippen molar-refractivity contribution >= 4 is 11.5 Å². The first kappa shape index (κ1) is 8.30. The van der Waals surface area contributed by atoms with Crippen LogP contribution >= 0.6 is 0 Å². The fourth-order valence-electron chi connectivity index (χ4n) is 1.74. The van der Waals surface area contributed by atoms with Gasteiger partial charge >= 0.3 is 0 Å². The molecule has 1 aromatic carbocycles. The number of nitrogens with one attached hydrogen (secondary N) is 1. The van der Waals surface area contributed by atoms with Crippen LogP contribution in [0.4, 0.5) is 5.69 Å². The molecule has 0 aromatic heterocycles. The Morgan fingerprint density at radius 2 is 2.31 bits per heavy atom. The molecule has 0 saturated heterocycles. The lowest BCUT2D eigenvalue weighted by Crippen LogP contribution is -2.25. The number of rotatable bonds is 2. The lowest BCUT2D eigenvalue weighted by molar-refractivity contribution is -0.119. The first-order valence-electron chi connectivity index (χ1n) is 4.68. The average Bonchev–Trinajstić information content (AvgIpc) is 2.59. The van der Waals surface area contributed by atoms with Crippen molar-refractivity contribution in [3.8, 4) is 0 Å². The SMILES string of the molecule is CCC(=O)C1Cc2ccccc2N1. The van der Waals surface area contributed by atoms with Crippen molar-refractivity contribution in [2.24, 2.45) is 0 Å². The molecule has 0 spiro atoms. The maximum Gasteiger partial charge on any atom is 0.155 e. The van der Waals surface area contributed by atoms with Gasteiger partial charge in [0, 0.05) is 18.5 Å². The van der Waals surface area contributed by atoms with Crippen LogP contribution in [-0.4, -0.2) is 11.8 Å². The van der Waals surface area contributed by atoms with Gasteiger partial charge < -0.3 is 5.32 Å². The molecule has 1 aliphatic rings. The van der Waals surface area contributed by atoms with E-state index >= 15 is 0 Å². The summed E-state index contributed by atoms with van der Waals surface area (Å²) in [6, 6.07) is 8.12. The summed E-state index contributed by atoms with van der Waals surface area (Å²) in [6.07, 6.45) is 1.47. The fraction of sp³-hybridized carbons (Fsp3) is 0.364. The lowest BCUT2D eigenvalue weighted by Gasteiger charge is -2.07. The monoisotopic (exact) mass is 175 g/mol. The van der Waals surface area contributed by atoms with Gasteiger partial charge in [0.2, 0.25) is 0 Å². The molecular formula is C11H13NO. The van der Waals surface area contributed by atoms with Crippen LogP contribution in [0.1, 0.15) is 18.9 Å². The highest BCUT2D eigenvalue weighted by Gasteiger charge is 2.24. The van der Waals surface area contributed by atoms with Gasteiger partial charge in [-0.25, -0.2) is 0 Å². The Balaban J connectivity index is 2.18. The van der Waals surface area contributed by atoms with Crippen molar-refractivity contribution in [2.75, 3.05) is 5.32 Å². The fourth-order valence-corrected chi connectivity index (χ4v) is 1.74. The minimum atomic E-state index is 0.0161. The van der Waals surface area contributed by atoms with E-state index in [-0.39, 0.29) is 6.04 Å². The maximum absolute atomic E-state index is 11.4. The van der Waals surface area contributed by atoms with Gasteiger partial charge in [0.15, 0.2) is 5.78 Å². The third-order valence-electron chi connectivity index (χ3n) is 2.51. The molecule has 0 radical (unpaired) electrons. The maximum atomic E-state index is 11.4. The average molecular weight is 175 g/mol. The van der Waals surface area contributed by atoms with E-state index in [0.717, 1.165) is 12.1 Å². The van der Waals surface area contributed by atoms with Crippen molar-refractivity contribution in [1.29, 1.82) is 0 Å². The number of anilines is 1. The smallest absolute Gasteiger partial charge is 0.155 e. The van der Waals surface area contributed by atoms with Crippen molar-refractivity contribution in [1.82, 2.24) is 0 Å². The Hall–Kier alpha value is -1.31. The molecule has 2 nitrogen and oxygen atoms in total. The molecule has 13 heavy (non-hydrogen) atoms. The molecule has 2 rings (SSSR count). The topological polar surface area (TPSA) is 29.1 Å². The lowest BCUT2D eigenvalue weighted by atomic mass is 10.1. The second kappa shape index (κ2) is 3.21. The number of benzene rings is 1. The van der Waals surface area contributed by atoms with Crippen LogP contribution in [-0.2, 0) is 11.2 Å². The minimum absolute atomic E-state index is 0.0161. The van der Waals surface area contributed by atoms with Crippen LogP contribution in [0.3, 0.4) is 0 Å². The van der Waals surface area contributed by atoms with Crippen LogP contribution in [0.5, 0.6) is 0 Å². The summed E-state index contributed by atoms with van der Waals surface area (Å²) in [5.41, 5.74) is 2.38. The summed E-state index contributed by atoms with van der Waals surface area (Å²) < 4.78 is 0. The van der Waals surface area contributed by atoms with Crippen LogP contribution in [0.25, 0.3) is 0 Å². The molecule has 1 atom stereocenters. The van der Waals surface area contributed by atoms with Crippen LogP contribution in [0.15, 0.2) is 24.3 Å². The van der Waals surface area contributed by atoms with E-state index in [1.165, 1.54) is 5.56 Å². The normalized spacial score (nSPS) is 19.3. The molecule has 1 unspecified atom stereocenters. The molecule has 0 amide bonds.